The summed E-state index contributed by atoms with van der Waals surface area (Å²) >= 11 is 0. The molecule has 0 spiro atoms. The van der Waals surface area contributed by atoms with Gasteiger partial charge in [0.1, 0.15) is 17.4 Å². The molecule has 0 fully saturated rings. The van der Waals surface area contributed by atoms with Gasteiger partial charge in [0.25, 0.3) is 0 Å². The lowest BCUT2D eigenvalue weighted by Crippen LogP contribution is -2.01. The van der Waals surface area contributed by atoms with Crippen molar-refractivity contribution in [3.05, 3.63) is 70.3 Å². The molecule has 21 heavy (non-hydrogen) atoms. The van der Waals surface area contributed by atoms with Crippen molar-refractivity contribution in [3.8, 4) is 11.8 Å². The third kappa shape index (κ3) is 3.18. The average molecular weight is 277 g/mol. The van der Waals surface area contributed by atoms with Gasteiger partial charge >= 0.3 is 0 Å². The molecular weight excluding hydrogens is 262 g/mol. The van der Waals surface area contributed by atoms with E-state index < -0.39 is 0 Å². The first-order valence-corrected chi connectivity index (χ1v) is 6.54. The molecule has 0 aliphatic heterocycles. The maximum atomic E-state index is 12.3. The van der Waals surface area contributed by atoms with Gasteiger partial charge < -0.3 is 5.11 Å². The number of benzene rings is 2. The van der Waals surface area contributed by atoms with Crippen LogP contribution >= 0.6 is 0 Å². The number of aromatic hydroxyl groups is 1. The molecule has 0 saturated carbocycles. The number of carbonyl (C=O) groups is 1. The molecule has 0 aliphatic carbocycles. The maximum Gasteiger partial charge on any atom is 0.203 e. The van der Waals surface area contributed by atoms with E-state index >= 15 is 0 Å². The molecule has 0 saturated heterocycles. The number of ketones is 1. The Kier molecular flexibility index (Phi) is 4.20. The largest absolute Gasteiger partial charge is 0.507 e. The summed E-state index contributed by atoms with van der Waals surface area (Å²) in [5, 5.41) is 19.0. The first kappa shape index (κ1) is 14.5. The van der Waals surface area contributed by atoms with Crippen molar-refractivity contribution < 1.29 is 9.90 Å². The summed E-state index contributed by atoms with van der Waals surface area (Å²) in [5.41, 5.74) is 2.71. The molecule has 104 valence electrons. The maximum absolute atomic E-state index is 12.3. The Morgan fingerprint density at radius 1 is 1.14 bits per heavy atom. The minimum atomic E-state index is -0.304. The molecule has 3 nitrogen and oxygen atoms in total. The second-order valence-corrected chi connectivity index (χ2v) is 4.87. The minimum absolute atomic E-state index is 0.0747. The fraction of sp³-hybridized carbons (Fsp3) is 0.111. The average Bonchev–Trinajstić information content (AvgIpc) is 2.50. The van der Waals surface area contributed by atoms with Crippen LogP contribution < -0.4 is 0 Å². The predicted octanol–water partition coefficient (Wildman–Crippen LogP) is 3.80. The quantitative estimate of drug-likeness (QED) is 0.527. The fourth-order valence-electron chi connectivity index (χ4n) is 2.13. The van der Waals surface area contributed by atoms with Crippen LogP contribution in [0.1, 0.15) is 27.0 Å². The number of phenols is 1. The summed E-state index contributed by atoms with van der Waals surface area (Å²) < 4.78 is 0. The molecule has 2 rings (SSSR count). The lowest BCUT2D eigenvalue weighted by Gasteiger charge is -2.05. The van der Waals surface area contributed by atoms with Gasteiger partial charge in [-0.05, 0) is 48.7 Å². The van der Waals surface area contributed by atoms with Crippen molar-refractivity contribution in [3.63, 3.8) is 0 Å². The van der Waals surface area contributed by atoms with Crippen LogP contribution in [0.4, 0.5) is 0 Å². The van der Waals surface area contributed by atoms with Gasteiger partial charge in [0.15, 0.2) is 0 Å². The van der Waals surface area contributed by atoms with Crippen molar-refractivity contribution in [1.82, 2.24) is 0 Å². The summed E-state index contributed by atoms with van der Waals surface area (Å²) in [7, 11) is 0. The van der Waals surface area contributed by atoms with E-state index in [2.05, 4.69) is 0 Å². The zero-order chi connectivity index (χ0) is 15.4. The number of nitriles is 1. The molecule has 1 N–H and O–H groups in total. The third-order valence-electron chi connectivity index (χ3n) is 3.23. The Bertz CT molecular complexity index is 730. The highest BCUT2D eigenvalue weighted by atomic mass is 16.3. The van der Waals surface area contributed by atoms with E-state index in [1.54, 1.807) is 56.3 Å². The number of allylic oxidation sites excluding steroid dienone is 1. The van der Waals surface area contributed by atoms with E-state index in [1.165, 1.54) is 0 Å². The number of hydrogen-bond donors (Lipinski definition) is 1. The van der Waals surface area contributed by atoms with E-state index in [0.717, 1.165) is 5.56 Å². The second kappa shape index (κ2) is 6.06. The first-order valence-electron chi connectivity index (χ1n) is 6.54. The number of Topliss-reactive ketones (excluding diaryl/α,β-unsaturated/α-hetero) is 1. The van der Waals surface area contributed by atoms with Crippen LogP contribution in [0.5, 0.6) is 5.75 Å². The lowest BCUT2D eigenvalue weighted by molar-refractivity contribution is 0.104. The summed E-state index contributed by atoms with van der Waals surface area (Å²) in [4.78, 5) is 12.3. The molecule has 0 aliphatic rings. The van der Waals surface area contributed by atoms with Crippen LogP contribution in [0.15, 0.2) is 48.0 Å². The van der Waals surface area contributed by atoms with Gasteiger partial charge in [-0.1, -0.05) is 30.3 Å². The zero-order valence-corrected chi connectivity index (χ0v) is 11.9. The van der Waals surface area contributed by atoms with E-state index in [4.69, 9.17) is 0 Å². The molecule has 0 radical (unpaired) electrons. The first-order chi connectivity index (χ1) is 10.0. The summed E-state index contributed by atoms with van der Waals surface area (Å²) in [6.45, 7) is 3.56. The molecule has 2 aromatic carbocycles. The Hall–Kier alpha value is -2.86. The molecule has 0 aromatic heterocycles. The number of rotatable bonds is 3. The van der Waals surface area contributed by atoms with Crippen LogP contribution in [0.3, 0.4) is 0 Å². The highest BCUT2D eigenvalue weighted by molar-refractivity contribution is 6.14. The Morgan fingerprint density at radius 2 is 1.71 bits per heavy atom. The number of phenolic OH excluding ortho intramolecular Hbond substituents is 1. The molecule has 0 amide bonds. The van der Waals surface area contributed by atoms with E-state index in [-0.39, 0.29) is 17.1 Å². The molecule has 0 unspecified atom stereocenters. The molecule has 0 atom stereocenters. The van der Waals surface area contributed by atoms with Crippen LogP contribution in [0.25, 0.3) is 6.08 Å². The Balaban J connectivity index is 2.43. The second-order valence-electron chi connectivity index (χ2n) is 4.87. The monoisotopic (exact) mass is 277 g/mol. The van der Waals surface area contributed by atoms with E-state index in [9.17, 15) is 15.2 Å². The lowest BCUT2D eigenvalue weighted by atomic mass is 9.99. The van der Waals surface area contributed by atoms with Crippen molar-refractivity contribution in [1.29, 1.82) is 5.26 Å². The zero-order valence-electron chi connectivity index (χ0n) is 11.9. The summed E-state index contributed by atoms with van der Waals surface area (Å²) in [6.07, 6.45) is 1.55. The molecule has 0 bridgehead atoms. The number of aryl methyl sites for hydroxylation is 2. The van der Waals surface area contributed by atoms with Gasteiger partial charge in [0.05, 0.1) is 0 Å². The fourth-order valence-corrected chi connectivity index (χ4v) is 2.13. The van der Waals surface area contributed by atoms with Crippen LogP contribution in [0.2, 0.25) is 0 Å². The van der Waals surface area contributed by atoms with Gasteiger partial charge in [-0.3, -0.25) is 4.79 Å². The molecule has 3 heteroatoms. The number of nitrogens with zero attached hydrogens (tertiary/aromatic N) is 1. The summed E-state index contributed by atoms with van der Waals surface area (Å²) in [5.74, 6) is -0.0680. The Morgan fingerprint density at radius 3 is 2.24 bits per heavy atom. The highest BCUT2D eigenvalue weighted by Gasteiger charge is 2.12. The van der Waals surface area contributed by atoms with Crippen LogP contribution in [0, 0.1) is 25.2 Å². The normalized spacial score (nSPS) is 11.0. The van der Waals surface area contributed by atoms with Crippen molar-refractivity contribution in [2.45, 2.75) is 13.8 Å². The number of hydrogen-bond acceptors (Lipinski definition) is 3. The molecule has 2 aromatic rings. The van der Waals surface area contributed by atoms with Crippen LogP contribution in [-0.2, 0) is 0 Å². The SMILES string of the molecule is Cc1cc(/C=C(\C#N)C(=O)c2ccccc2)cc(C)c1O. The van der Waals surface area contributed by atoms with Gasteiger partial charge in [-0.25, -0.2) is 0 Å². The summed E-state index contributed by atoms with van der Waals surface area (Å²) in [6, 6.07) is 14.2. The van der Waals surface area contributed by atoms with Crippen LogP contribution in [-0.4, -0.2) is 10.9 Å². The van der Waals surface area contributed by atoms with Crippen molar-refractivity contribution in [2.75, 3.05) is 0 Å². The molecule has 0 heterocycles. The standard InChI is InChI=1S/C18H15NO2/c1-12-8-14(9-13(2)17(12)20)10-16(11-19)18(21)15-6-4-3-5-7-15/h3-10,20H,1-2H3/b16-10+. The number of carbonyl (C=O) groups excluding carboxylic acids is 1. The Labute approximate surface area is 123 Å². The van der Waals surface area contributed by atoms with Gasteiger partial charge in [-0.15, -0.1) is 0 Å². The van der Waals surface area contributed by atoms with E-state index in [0.29, 0.717) is 16.7 Å². The smallest absolute Gasteiger partial charge is 0.203 e. The van der Waals surface area contributed by atoms with Gasteiger partial charge in [0.2, 0.25) is 5.78 Å². The topological polar surface area (TPSA) is 61.1 Å². The van der Waals surface area contributed by atoms with Crippen molar-refractivity contribution in [2.24, 2.45) is 0 Å². The highest BCUT2D eigenvalue weighted by Crippen LogP contribution is 2.24. The predicted molar refractivity (Wildman–Crippen MR) is 81.9 cm³/mol. The third-order valence-corrected chi connectivity index (χ3v) is 3.23. The van der Waals surface area contributed by atoms with Gasteiger partial charge in [-0.2, -0.15) is 5.26 Å². The van der Waals surface area contributed by atoms with E-state index in [1.807, 2.05) is 12.1 Å². The molecular formula is C18H15NO2. The minimum Gasteiger partial charge on any atom is -0.507 e. The van der Waals surface area contributed by atoms with Gasteiger partial charge in [0, 0.05) is 5.56 Å². The van der Waals surface area contributed by atoms with Crippen molar-refractivity contribution >= 4 is 11.9 Å².